The van der Waals surface area contributed by atoms with Crippen LogP contribution in [0, 0.1) is 0 Å². The Morgan fingerprint density at radius 3 is 0.769 bits per heavy atom. The lowest BCUT2D eigenvalue weighted by Gasteiger charge is -1.87. The minimum atomic E-state index is 0.389. The molecule has 2 aromatic rings. The molecular formula is C22H38N2O2. The SMILES string of the molecule is CC.CC.CN=C=NC.COCOC.c1ccccc1.c1ccccc1. The monoisotopic (exact) mass is 362 g/mol. The third-order valence-electron chi connectivity index (χ3n) is 1.77. The summed E-state index contributed by atoms with van der Waals surface area (Å²) in [4.78, 5) is 6.88. The molecule has 0 spiro atoms. The van der Waals surface area contributed by atoms with Crippen molar-refractivity contribution in [2.45, 2.75) is 27.7 Å². The molecule has 26 heavy (non-hydrogen) atoms. The van der Waals surface area contributed by atoms with Crippen LogP contribution in [-0.4, -0.2) is 41.1 Å². The predicted octanol–water partition coefficient (Wildman–Crippen LogP) is 6.08. The summed E-state index contributed by atoms with van der Waals surface area (Å²) in [5.41, 5.74) is 0. The van der Waals surface area contributed by atoms with E-state index in [9.17, 15) is 0 Å². The summed E-state index contributed by atoms with van der Waals surface area (Å²) >= 11 is 0. The van der Waals surface area contributed by atoms with E-state index in [0.29, 0.717) is 6.79 Å². The van der Waals surface area contributed by atoms with Crippen LogP contribution in [0.5, 0.6) is 0 Å². The van der Waals surface area contributed by atoms with Gasteiger partial charge in [-0.1, -0.05) is 100 Å². The van der Waals surface area contributed by atoms with E-state index in [-0.39, 0.29) is 0 Å². The molecule has 0 aliphatic carbocycles. The van der Waals surface area contributed by atoms with E-state index < -0.39 is 0 Å². The highest BCUT2D eigenvalue weighted by molar-refractivity contribution is 5.39. The highest BCUT2D eigenvalue weighted by atomic mass is 16.6. The van der Waals surface area contributed by atoms with Crippen molar-refractivity contribution >= 4 is 6.01 Å². The van der Waals surface area contributed by atoms with Gasteiger partial charge < -0.3 is 9.47 Å². The van der Waals surface area contributed by atoms with E-state index in [1.165, 1.54) is 0 Å². The molecule has 0 saturated carbocycles. The second-order valence-electron chi connectivity index (χ2n) is 3.55. The van der Waals surface area contributed by atoms with Gasteiger partial charge in [-0.25, -0.2) is 9.98 Å². The fraction of sp³-hybridized carbons (Fsp3) is 0.409. The summed E-state index contributed by atoms with van der Waals surface area (Å²) < 4.78 is 8.94. The van der Waals surface area contributed by atoms with Crippen LogP contribution in [0.4, 0.5) is 0 Å². The standard InChI is InChI=1S/2C6H6.C3H6N2.C3H8O2.2C2H6/c2*1-2-4-6-5-3-1;2*1-4-3-5-2;2*1-2/h2*1-6H;1-2H3;3H2,1-2H3;2*1-2H3. The van der Waals surface area contributed by atoms with Crippen molar-refractivity contribution < 1.29 is 9.47 Å². The Morgan fingerprint density at radius 1 is 0.538 bits per heavy atom. The maximum absolute atomic E-state index is 4.47. The number of methoxy groups -OCH3 is 2. The largest absolute Gasteiger partial charge is 0.359 e. The molecule has 2 aromatic carbocycles. The van der Waals surface area contributed by atoms with Gasteiger partial charge in [-0.3, -0.25) is 0 Å². The maximum Gasteiger partial charge on any atom is 0.145 e. The number of hydrogen-bond acceptors (Lipinski definition) is 4. The van der Waals surface area contributed by atoms with Gasteiger partial charge in [0, 0.05) is 28.3 Å². The van der Waals surface area contributed by atoms with Crippen LogP contribution in [-0.2, 0) is 9.47 Å². The van der Waals surface area contributed by atoms with E-state index in [0.717, 1.165) is 0 Å². The number of benzene rings is 2. The Balaban J connectivity index is -0.000000117. The average molecular weight is 363 g/mol. The smallest absolute Gasteiger partial charge is 0.145 e. The van der Waals surface area contributed by atoms with Gasteiger partial charge in [-0.2, -0.15) is 0 Å². The lowest BCUT2D eigenvalue weighted by Crippen LogP contribution is -1.87. The first-order valence-electron chi connectivity index (χ1n) is 8.74. The Hall–Kier alpha value is -2.26. The maximum atomic E-state index is 4.47. The molecule has 148 valence electrons. The predicted molar refractivity (Wildman–Crippen MR) is 116 cm³/mol. The molecule has 0 bridgehead atoms. The molecule has 0 amide bonds. The zero-order valence-corrected chi connectivity index (χ0v) is 17.8. The van der Waals surface area contributed by atoms with Gasteiger partial charge in [0.15, 0.2) is 0 Å². The van der Waals surface area contributed by atoms with Crippen LogP contribution >= 0.6 is 0 Å². The number of rotatable bonds is 2. The summed E-state index contributed by atoms with van der Waals surface area (Å²) in [7, 11) is 6.44. The second-order valence-corrected chi connectivity index (χ2v) is 3.55. The molecule has 0 N–H and O–H groups in total. The zero-order chi connectivity index (χ0) is 20.7. The Labute approximate surface area is 161 Å². The van der Waals surface area contributed by atoms with E-state index in [1.807, 2.05) is 100 Å². The van der Waals surface area contributed by atoms with Crippen molar-refractivity contribution in [3.05, 3.63) is 72.8 Å². The van der Waals surface area contributed by atoms with Gasteiger partial charge in [0.05, 0.1) is 6.01 Å². The average Bonchev–Trinajstić information content (AvgIpc) is 2.76. The minimum absolute atomic E-state index is 0.389. The number of nitrogens with zero attached hydrogens (tertiary/aromatic N) is 2. The van der Waals surface area contributed by atoms with Crippen molar-refractivity contribution in [3.8, 4) is 0 Å². The summed E-state index contributed by atoms with van der Waals surface area (Å²) in [5.74, 6) is 0. The molecule has 0 unspecified atom stereocenters. The summed E-state index contributed by atoms with van der Waals surface area (Å²) in [6.45, 7) is 8.39. The lowest BCUT2D eigenvalue weighted by atomic mass is 10.4. The van der Waals surface area contributed by atoms with E-state index >= 15 is 0 Å². The first-order chi connectivity index (χ1) is 12.8. The normalized spacial score (nSPS) is 6.77. The van der Waals surface area contributed by atoms with Crippen molar-refractivity contribution in [2.75, 3.05) is 35.1 Å². The van der Waals surface area contributed by atoms with Crippen LogP contribution in [0.1, 0.15) is 27.7 Å². The fourth-order valence-corrected chi connectivity index (χ4v) is 0.988. The van der Waals surface area contributed by atoms with Gasteiger partial charge >= 0.3 is 0 Å². The van der Waals surface area contributed by atoms with Crippen molar-refractivity contribution in [1.82, 2.24) is 0 Å². The van der Waals surface area contributed by atoms with Crippen molar-refractivity contribution in [1.29, 1.82) is 0 Å². The van der Waals surface area contributed by atoms with E-state index in [2.05, 4.69) is 25.5 Å². The highest BCUT2D eigenvalue weighted by Gasteiger charge is 1.63. The van der Waals surface area contributed by atoms with Gasteiger partial charge in [-0.05, 0) is 0 Å². The topological polar surface area (TPSA) is 43.2 Å². The molecule has 4 heteroatoms. The summed E-state index contributed by atoms with van der Waals surface area (Å²) in [6.07, 6.45) is 0. The minimum Gasteiger partial charge on any atom is -0.359 e. The van der Waals surface area contributed by atoms with Gasteiger partial charge in [0.25, 0.3) is 0 Å². The van der Waals surface area contributed by atoms with Crippen LogP contribution in [0.15, 0.2) is 82.8 Å². The van der Waals surface area contributed by atoms with Gasteiger partial charge in [0.2, 0.25) is 0 Å². The number of aliphatic imine (C=N–C) groups is 2. The molecule has 0 heterocycles. The molecular weight excluding hydrogens is 324 g/mol. The van der Waals surface area contributed by atoms with Crippen molar-refractivity contribution in [3.63, 3.8) is 0 Å². The summed E-state index contributed by atoms with van der Waals surface area (Å²) in [6, 6.07) is 26.4. The van der Waals surface area contributed by atoms with Crippen LogP contribution in [0.25, 0.3) is 0 Å². The zero-order valence-electron chi connectivity index (χ0n) is 17.8. The van der Waals surface area contributed by atoms with E-state index in [1.54, 1.807) is 28.3 Å². The number of ether oxygens (including phenoxy) is 2. The molecule has 4 nitrogen and oxygen atoms in total. The quantitative estimate of drug-likeness (QED) is 0.480. The molecule has 0 aliphatic heterocycles. The lowest BCUT2D eigenvalue weighted by molar-refractivity contribution is -0.00271. The van der Waals surface area contributed by atoms with Gasteiger partial charge in [-0.15, -0.1) is 0 Å². The Kier molecular flexibility index (Phi) is 52.6. The highest BCUT2D eigenvalue weighted by Crippen LogP contribution is 1.80. The van der Waals surface area contributed by atoms with Crippen LogP contribution < -0.4 is 0 Å². The molecule has 0 radical (unpaired) electrons. The van der Waals surface area contributed by atoms with Crippen LogP contribution in [0.2, 0.25) is 0 Å². The van der Waals surface area contributed by atoms with E-state index in [4.69, 9.17) is 0 Å². The summed E-state index contributed by atoms with van der Waals surface area (Å²) in [5, 5.41) is 0. The fourth-order valence-electron chi connectivity index (χ4n) is 0.988. The second kappa shape index (κ2) is 43.4. The molecule has 0 saturated heterocycles. The Bertz CT molecular complexity index is 349. The van der Waals surface area contributed by atoms with Crippen LogP contribution in [0.3, 0.4) is 0 Å². The third-order valence-corrected chi connectivity index (χ3v) is 1.77. The van der Waals surface area contributed by atoms with Crippen molar-refractivity contribution in [2.24, 2.45) is 9.98 Å². The molecule has 0 aromatic heterocycles. The molecule has 0 fully saturated rings. The number of hydrogen-bond donors (Lipinski definition) is 0. The first-order valence-corrected chi connectivity index (χ1v) is 8.74. The third kappa shape index (κ3) is 49.5. The first kappa shape index (κ1) is 31.5. The molecule has 2 rings (SSSR count). The molecule has 0 aliphatic rings. The van der Waals surface area contributed by atoms with Gasteiger partial charge in [0.1, 0.15) is 6.79 Å². The Morgan fingerprint density at radius 2 is 0.731 bits per heavy atom. The molecule has 0 atom stereocenters.